The van der Waals surface area contributed by atoms with Crippen molar-refractivity contribution in [1.29, 1.82) is 0 Å². The Morgan fingerprint density at radius 1 is 1.42 bits per heavy atom. The second kappa shape index (κ2) is 5.68. The maximum atomic E-state index is 12.2. The van der Waals surface area contributed by atoms with Gasteiger partial charge in [-0.25, -0.2) is 8.42 Å². The molecule has 1 fully saturated rings. The van der Waals surface area contributed by atoms with Crippen molar-refractivity contribution in [3.05, 3.63) is 12.4 Å². The molecular formula is C10H16N4O4S. The summed E-state index contributed by atoms with van der Waals surface area (Å²) in [6, 6.07) is 0. The van der Waals surface area contributed by atoms with Crippen molar-refractivity contribution in [2.24, 2.45) is 0 Å². The molecule has 1 aliphatic rings. The van der Waals surface area contributed by atoms with E-state index in [0.29, 0.717) is 13.1 Å². The Labute approximate surface area is 111 Å². The monoisotopic (exact) mass is 288 g/mol. The van der Waals surface area contributed by atoms with Gasteiger partial charge in [0.1, 0.15) is 11.5 Å². The molecule has 0 radical (unpaired) electrons. The molecule has 1 aliphatic heterocycles. The molecule has 1 aromatic heterocycles. The first-order chi connectivity index (χ1) is 9.05. The Bertz CT molecular complexity index is 520. The Balaban J connectivity index is 1.99. The lowest BCUT2D eigenvalue weighted by Crippen LogP contribution is -2.51. The van der Waals surface area contributed by atoms with E-state index >= 15 is 0 Å². The molecule has 9 heteroatoms. The highest BCUT2D eigenvalue weighted by Crippen LogP contribution is 2.15. The van der Waals surface area contributed by atoms with Crippen LogP contribution in [0.3, 0.4) is 0 Å². The third-order valence-corrected chi connectivity index (χ3v) is 4.83. The second-order valence-corrected chi connectivity index (χ2v) is 6.09. The van der Waals surface area contributed by atoms with Crippen molar-refractivity contribution < 1.29 is 17.9 Å². The average molecular weight is 288 g/mol. The molecule has 8 nitrogen and oxygen atoms in total. The number of carbonyl (C=O) groups excluding carboxylic acids is 1. The van der Waals surface area contributed by atoms with Crippen LogP contribution in [0.4, 0.5) is 0 Å². The third kappa shape index (κ3) is 2.94. The Morgan fingerprint density at radius 3 is 2.63 bits per heavy atom. The SMILES string of the molecule is COCC(=O)N1CCN(S(=O)(=O)c2cn[nH]c2)CC1. The van der Waals surface area contributed by atoms with Crippen molar-refractivity contribution in [1.82, 2.24) is 19.4 Å². The molecule has 2 rings (SSSR count). The zero-order valence-electron chi connectivity index (χ0n) is 10.6. The van der Waals surface area contributed by atoms with Gasteiger partial charge in [0.15, 0.2) is 0 Å². The van der Waals surface area contributed by atoms with Gasteiger partial charge in [-0.2, -0.15) is 9.40 Å². The lowest BCUT2D eigenvalue weighted by Gasteiger charge is -2.33. The van der Waals surface area contributed by atoms with Gasteiger partial charge < -0.3 is 9.64 Å². The highest BCUT2D eigenvalue weighted by atomic mass is 32.2. The van der Waals surface area contributed by atoms with Crippen LogP contribution >= 0.6 is 0 Å². The molecular weight excluding hydrogens is 272 g/mol. The number of hydrogen-bond donors (Lipinski definition) is 1. The zero-order chi connectivity index (χ0) is 13.9. The van der Waals surface area contributed by atoms with Gasteiger partial charge in [-0.1, -0.05) is 0 Å². The molecule has 0 saturated carbocycles. The summed E-state index contributed by atoms with van der Waals surface area (Å²) >= 11 is 0. The fraction of sp³-hybridized carbons (Fsp3) is 0.600. The number of amides is 1. The summed E-state index contributed by atoms with van der Waals surface area (Å²) in [7, 11) is -2.05. The van der Waals surface area contributed by atoms with Gasteiger partial charge in [0.2, 0.25) is 15.9 Å². The van der Waals surface area contributed by atoms with E-state index in [1.807, 2.05) is 0 Å². The molecule has 0 aliphatic carbocycles. The zero-order valence-corrected chi connectivity index (χ0v) is 11.4. The first-order valence-corrected chi connectivity index (χ1v) is 7.25. The standard InChI is InChI=1S/C10H16N4O4S/c1-18-8-10(15)13-2-4-14(5-3-13)19(16,17)9-6-11-12-7-9/h6-7H,2-5,8H2,1H3,(H,11,12). The Morgan fingerprint density at radius 2 is 2.11 bits per heavy atom. The van der Waals surface area contributed by atoms with Crippen molar-refractivity contribution in [3.8, 4) is 0 Å². The minimum absolute atomic E-state index is 0.0223. The minimum Gasteiger partial charge on any atom is -0.375 e. The first-order valence-electron chi connectivity index (χ1n) is 5.81. The minimum atomic E-state index is -3.51. The van der Waals surface area contributed by atoms with Gasteiger partial charge in [-0.15, -0.1) is 0 Å². The Kier molecular flexibility index (Phi) is 4.17. The normalized spacial score (nSPS) is 17.6. The van der Waals surface area contributed by atoms with Gasteiger partial charge in [0.05, 0.1) is 6.20 Å². The highest BCUT2D eigenvalue weighted by Gasteiger charge is 2.30. The second-order valence-electron chi connectivity index (χ2n) is 4.15. The maximum absolute atomic E-state index is 12.2. The molecule has 1 amide bonds. The van der Waals surface area contributed by atoms with Crippen LogP contribution in [0.15, 0.2) is 17.3 Å². The van der Waals surface area contributed by atoms with Gasteiger partial charge in [-0.3, -0.25) is 9.89 Å². The van der Waals surface area contributed by atoms with E-state index in [4.69, 9.17) is 4.74 Å². The fourth-order valence-corrected chi connectivity index (χ4v) is 3.25. The smallest absolute Gasteiger partial charge is 0.248 e. The van der Waals surface area contributed by atoms with Gasteiger partial charge in [-0.05, 0) is 0 Å². The predicted molar refractivity (Wildman–Crippen MR) is 65.8 cm³/mol. The number of H-pyrrole nitrogens is 1. The summed E-state index contributed by atoms with van der Waals surface area (Å²) in [5.41, 5.74) is 0. The highest BCUT2D eigenvalue weighted by molar-refractivity contribution is 7.89. The number of aromatic nitrogens is 2. The lowest BCUT2D eigenvalue weighted by atomic mass is 10.3. The van der Waals surface area contributed by atoms with E-state index in [1.54, 1.807) is 4.90 Å². The predicted octanol–water partition coefficient (Wildman–Crippen LogP) is -1.11. The summed E-state index contributed by atoms with van der Waals surface area (Å²) in [5.74, 6) is -0.122. The van der Waals surface area contributed by atoms with Gasteiger partial charge in [0, 0.05) is 39.5 Å². The topological polar surface area (TPSA) is 95.6 Å². The van der Waals surface area contributed by atoms with E-state index < -0.39 is 10.0 Å². The van der Waals surface area contributed by atoms with Crippen LogP contribution in [0.25, 0.3) is 0 Å². The number of nitrogens with zero attached hydrogens (tertiary/aromatic N) is 3. The van der Waals surface area contributed by atoms with E-state index in [0.717, 1.165) is 0 Å². The third-order valence-electron chi connectivity index (χ3n) is 2.97. The van der Waals surface area contributed by atoms with Crippen LogP contribution in [0.2, 0.25) is 0 Å². The van der Waals surface area contributed by atoms with E-state index in [-0.39, 0.29) is 30.5 Å². The molecule has 19 heavy (non-hydrogen) atoms. The number of sulfonamides is 1. The number of piperazine rings is 1. The number of methoxy groups -OCH3 is 1. The molecule has 0 spiro atoms. The average Bonchev–Trinajstić information content (AvgIpc) is 2.94. The summed E-state index contributed by atoms with van der Waals surface area (Å²) < 4.78 is 30.5. The number of rotatable bonds is 4. The van der Waals surface area contributed by atoms with Crippen LogP contribution in [0.5, 0.6) is 0 Å². The summed E-state index contributed by atoms with van der Waals surface area (Å²) in [6.45, 7) is 1.33. The molecule has 1 saturated heterocycles. The summed E-state index contributed by atoms with van der Waals surface area (Å²) in [6.07, 6.45) is 2.62. The van der Waals surface area contributed by atoms with Crippen molar-refractivity contribution in [3.63, 3.8) is 0 Å². The number of ether oxygens (including phenoxy) is 1. The lowest BCUT2D eigenvalue weighted by molar-refractivity contribution is -0.136. The van der Waals surface area contributed by atoms with Crippen LogP contribution in [-0.2, 0) is 19.6 Å². The molecule has 106 valence electrons. The van der Waals surface area contributed by atoms with Gasteiger partial charge in [0.25, 0.3) is 0 Å². The van der Waals surface area contributed by atoms with E-state index in [1.165, 1.54) is 23.8 Å². The molecule has 1 N–H and O–H groups in total. The molecule has 1 aromatic rings. The number of nitrogens with one attached hydrogen (secondary N) is 1. The quantitative estimate of drug-likeness (QED) is 0.758. The van der Waals surface area contributed by atoms with Crippen molar-refractivity contribution in [2.75, 3.05) is 39.9 Å². The summed E-state index contributed by atoms with van der Waals surface area (Å²) in [5, 5.41) is 6.12. The van der Waals surface area contributed by atoms with Crippen LogP contribution in [-0.4, -0.2) is 73.6 Å². The molecule has 2 heterocycles. The molecule has 0 atom stereocenters. The number of hydrogen-bond acceptors (Lipinski definition) is 5. The van der Waals surface area contributed by atoms with Crippen LogP contribution in [0.1, 0.15) is 0 Å². The molecule has 0 bridgehead atoms. The summed E-state index contributed by atoms with van der Waals surface area (Å²) in [4.78, 5) is 13.3. The largest absolute Gasteiger partial charge is 0.375 e. The maximum Gasteiger partial charge on any atom is 0.248 e. The Hall–Kier alpha value is -1.45. The van der Waals surface area contributed by atoms with Crippen LogP contribution in [0, 0.1) is 0 Å². The fourth-order valence-electron chi connectivity index (χ4n) is 1.92. The van der Waals surface area contributed by atoms with Gasteiger partial charge >= 0.3 is 0 Å². The van der Waals surface area contributed by atoms with E-state index in [9.17, 15) is 13.2 Å². The van der Waals surface area contributed by atoms with Crippen LogP contribution < -0.4 is 0 Å². The first kappa shape index (κ1) is 14.0. The van der Waals surface area contributed by atoms with Crippen molar-refractivity contribution >= 4 is 15.9 Å². The number of carbonyl (C=O) groups is 1. The molecule has 0 aromatic carbocycles. The van der Waals surface area contributed by atoms with Crippen molar-refractivity contribution in [2.45, 2.75) is 4.90 Å². The molecule has 0 unspecified atom stereocenters. The number of aromatic amines is 1. The van der Waals surface area contributed by atoms with E-state index in [2.05, 4.69) is 10.2 Å².